The fourth-order valence-electron chi connectivity index (χ4n) is 7.38. The summed E-state index contributed by atoms with van der Waals surface area (Å²) < 4.78 is 4.96. The summed E-state index contributed by atoms with van der Waals surface area (Å²) in [6.07, 6.45) is -0.279. The molecule has 7 aromatic carbocycles. The van der Waals surface area contributed by atoms with E-state index in [0.717, 1.165) is 34.0 Å². The second kappa shape index (κ2) is 11.7. The quantitative estimate of drug-likeness (QED) is 0.196. The summed E-state index contributed by atoms with van der Waals surface area (Å²) in [4.78, 5) is 10.3. The maximum atomic E-state index is 5.22. The van der Waals surface area contributed by atoms with Gasteiger partial charge in [0.25, 0.3) is 0 Å². The first kappa shape index (κ1) is 28.7. The van der Waals surface area contributed by atoms with E-state index < -0.39 is 0 Å². The summed E-state index contributed by atoms with van der Waals surface area (Å²) in [6.45, 7) is 0. The second-order valence-electron chi connectivity index (χ2n) is 12.6. The minimum absolute atomic E-state index is 0.279. The Kier molecular flexibility index (Phi) is 6.71. The Hall–Kier alpha value is -6.30. The molecule has 1 aliphatic rings. The van der Waals surface area contributed by atoms with E-state index in [4.69, 9.17) is 9.98 Å². The van der Waals surface area contributed by atoms with Crippen molar-refractivity contribution in [2.75, 3.05) is 0 Å². The Bertz CT molecular complexity index is 2780. The van der Waals surface area contributed by atoms with E-state index in [2.05, 4.69) is 155 Å². The minimum Gasteiger partial charge on any atom is -0.344 e. The van der Waals surface area contributed by atoms with Gasteiger partial charge in [-0.2, -0.15) is 0 Å². The summed E-state index contributed by atoms with van der Waals surface area (Å²) in [5, 5.41) is 8.69. The van der Waals surface area contributed by atoms with Gasteiger partial charge in [-0.25, -0.2) is 9.98 Å². The monoisotopic (exact) mass is 658 g/mol. The molecular formula is C45H30N4S. The van der Waals surface area contributed by atoms with Gasteiger partial charge in [0.2, 0.25) is 0 Å². The van der Waals surface area contributed by atoms with Gasteiger partial charge in [0.1, 0.15) is 12.0 Å². The number of hydrogen-bond acceptors (Lipinski definition) is 4. The van der Waals surface area contributed by atoms with E-state index in [0.29, 0.717) is 0 Å². The van der Waals surface area contributed by atoms with E-state index >= 15 is 0 Å². The van der Waals surface area contributed by atoms with E-state index in [1.807, 2.05) is 35.6 Å². The molecule has 0 fully saturated rings. The highest BCUT2D eigenvalue weighted by Gasteiger charge is 2.25. The van der Waals surface area contributed by atoms with Crippen molar-refractivity contribution in [3.05, 3.63) is 187 Å². The van der Waals surface area contributed by atoms with Crippen molar-refractivity contribution in [2.45, 2.75) is 6.17 Å². The average Bonchev–Trinajstić information content (AvgIpc) is 3.74. The lowest BCUT2D eigenvalue weighted by atomic mass is 10.0. The van der Waals surface area contributed by atoms with Crippen molar-refractivity contribution >= 4 is 65.0 Å². The molecule has 1 atom stereocenters. The molecule has 0 aliphatic carbocycles. The van der Waals surface area contributed by atoms with Crippen LogP contribution in [-0.2, 0) is 0 Å². The summed E-state index contributed by atoms with van der Waals surface area (Å²) in [5.74, 6) is 1.52. The molecule has 1 unspecified atom stereocenters. The molecule has 3 heterocycles. The van der Waals surface area contributed by atoms with Crippen LogP contribution in [-0.4, -0.2) is 16.2 Å². The summed E-state index contributed by atoms with van der Waals surface area (Å²) in [5.41, 5.74) is 9.00. The molecule has 10 rings (SSSR count). The van der Waals surface area contributed by atoms with Crippen LogP contribution in [0.3, 0.4) is 0 Å². The fourth-order valence-corrected chi connectivity index (χ4v) is 8.55. The molecule has 0 bridgehead atoms. The number of para-hydroxylation sites is 2. The zero-order chi connectivity index (χ0) is 33.0. The van der Waals surface area contributed by atoms with E-state index in [1.54, 1.807) is 0 Å². The Morgan fingerprint density at radius 2 is 1.20 bits per heavy atom. The molecule has 0 radical (unpaired) electrons. The molecule has 50 heavy (non-hydrogen) atoms. The highest BCUT2D eigenvalue weighted by Crippen LogP contribution is 2.44. The van der Waals surface area contributed by atoms with Crippen molar-refractivity contribution in [1.29, 1.82) is 0 Å². The zero-order valence-electron chi connectivity index (χ0n) is 27.0. The average molecular weight is 659 g/mol. The van der Waals surface area contributed by atoms with Gasteiger partial charge in [0, 0.05) is 47.6 Å². The van der Waals surface area contributed by atoms with E-state index in [-0.39, 0.29) is 6.17 Å². The maximum absolute atomic E-state index is 5.22. The number of hydrogen-bond donors (Lipinski definition) is 1. The van der Waals surface area contributed by atoms with Crippen LogP contribution in [0, 0.1) is 0 Å². The largest absolute Gasteiger partial charge is 0.344 e. The lowest BCUT2D eigenvalue weighted by Crippen LogP contribution is -2.33. The first-order valence-electron chi connectivity index (χ1n) is 16.9. The molecular weight excluding hydrogens is 629 g/mol. The normalized spacial score (nSPS) is 14.6. The number of nitrogens with one attached hydrogen (secondary N) is 1. The topological polar surface area (TPSA) is 41.7 Å². The molecule has 0 amide bonds. The summed E-state index contributed by atoms with van der Waals surface area (Å²) in [6, 6.07) is 60.3. The van der Waals surface area contributed by atoms with Crippen molar-refractivity contribution in [3.63, 3.8) is 0 Å². The third kappa shape index (κ3) is 4.66. The van der Waals surface area contributed by atoms with E-state index in [9.17, 15) is 0 Å². The van der Waals surface area contributed by atoms with Gasteiger partial charge in [-0.1, -0.05) is 146 Å². The second-order valence-corrected chi connectivity index (χ2v) is 13.7. The van der Waals surface area contributed by atoms with Crippen LogP contribution in [0.1, 0.15) is 22.9 Å². The van der Waals surface area contributed by atoms with Gasteiger partial charge >= 0.3 is 0 Å². The molecule has 4 nitrogen and oxygen atoms in total. The number of nitrogens with zero attached hydrogens (tertiary/aromatic N) is 3. The molecule has 0 saturated carbocycles. The van der Waals surface area contributed by atoms with Crippen LogP contribution in [0.25, 0.3) is 58.8 Å². The number of rotatable bonds is 5. The Labute approximate surface area is 293 Å². The molecule has 236 valence electrons. The maximum Gasteiger partial charge on any atom is 0.159 e. The first-order valence-corrected chi connectivity index (χ1v) is 17.7. The number of amidine groups is 2. The van der Waals surface area contributed by atoms with Crippen molar-refractivity contribution in [2.24, 2.45) is 9.98 Å². The smallest absolute Gasteiger partial charge is 0.159 e. The van der Waals surface area contributed by atoms with Gasteiger partial charge in [-0.05, 0) is 35.4 Å². The molecule has 5 heteroatoms. The molecule has 1 N–H and O–H groups in total. The van der Waals surface area contributed by atoms with Crippen molar-refractivity contribution in [1.82, 2.24) is 9.88 Å². The molecule has 0 saturated heterocycles. The minimum atomic E-state index is -0.279. The van der Waals surface area contributed by atoms with Crippen molar-refractivity contribution in [3.8, 4) is 16.8 Å². The summed E-state index contributed by atoms with van der Waals surface area (Å²) in [7, 11) is 0. The van der Waals surface area contributed by atoms with Gasteiger partial charge in [0.15, 0.2) is 5.84 Å². The lowest BCUT2D eigenvalue weighted by molar-refractivity contribution is 0.674. The molecule has 0 spiro atoms. The van der Waals surface area contributed by atoms with Gasteiger partial charge < -0.3 is 9.88 Å². The number of benzene rings is 7. The predicted molar refractivity (Wildman–Crippen MR) is 211 cm³/mol. The molecule has 1 aliphatic heterocycles. The van der Waals surface area contributed by atoms with Crippen LogP contribution in [0.15, 0.2) is 180 Å². The van der Waals surface area contributed by atoms with Gasteiger partial charge in [0.05, 0.1) is 16.7 Å². The lowest BCUT2D eigenvalue weighted by Gasteiger charge is -2.24. The number of fused-ring (bicyclic) bond motifs is 6. The third-order valence-corrected chi connectivity index (χ3v) is 10.8. The van der Waals surface area contributed by atoms with Gasteiger partial charge in [-0.15, -0.1) is 11.3 Å². The van der Waals surface area contributed by atoms with Crippen LogP contribution in [0.4, 0.5) is 0 Å². The van der Waals surface area contributed by atoms with Gasteiger partial charge in [-0.3, -0.25) is 0 Å². The van der Waals surface area contributed by atoms with Crippen LogP contribution >= 0.6 is 11.3 Å². The Balaban J connectivity index is 1.29. The third-order valence-electron chi connectivity index (χ3n) is 9.64. The van der Waals surface area contributed by atoms with Crippen LogP contribution in [0.2, 0.25) is 0 Å². The molecule has 2 aromatic heterocycles. The van der Waals surface area contributed by atoms with Crippen molar-refractivity contribution < 1.29 is 0 Å². The van der Waals surface area contributed by atoms with Crippen LogP contribution in [0.5, 0.6) is 0 Å². The Morgan fingerprint density at radius 1 is 0.540 bits per heavy atom. The number of aliphatic imine (C=N–C) groups is 2. The zero-order valence-corrected chi connectivity index (χ0v) is 27.8. The number of aromatic nitrogens is 1. The predicted octanol–water partition coefficient (Wildman–Crippen LogP) is 11.3. The van der Waals surface area contributed by atoms with E-state index in [1.165, 1.54) is 53.1 Å². The first-order chi connectivity index (χ1) is 24.8. The molecule has 9 aromatic rings. The summed E-state index contributed by atoms with van der Waals surface area (Å²) >= 11 is 1.83. The Morgan fingerprint density at radius 3 is 2.00 bits per heavy atom. The fraction of sp³-hybridized carbons (Fsp3) is 0.0222. The van der Waals surface area contributed by atoms with Crippen LogP contribution < -0.4 is 5.32 Å². The SMILES string of the molecule is c1ccc(C2=NC(c3ccccc3)NC(c3cc(-n4c5ccccc5c5cccc(-c6ccccc6)c54)c4c(c3)sc3ccccc34)=N2)cc1. The highest BCUT2D eigenvalue weighted by molar-refractivity contribution is 7.26. The standard InChI is InChI=1S/C45H30N4S/c1-4-15-29(16-5-1)33-23-14-24-35-34-21-10-12-25-37(34)49(42(33)35)38-27-32(28-40-41(38)36-22-11-13-26-39(36)50-40)45-47-43(30-17-6-2-7-18-30)46-44(48-45)31-19-8-3-9-20-31/h1-28,43H,(H,46,47,48). The highest BCUT2D eigenvalue weighted by atomic mass is 32.1. The number of thiophene rings is 1.